The van der Waals surface area contributed by atoms with Crippen LogP contribution < -0.4 is 4.74 Å². The van der Waals surface area contributed by atoms with Crippen molar-refractivity contribution in [1.29, 1.82) is 0 Å². The Morgan fingerprint density at radius 2 is 1.85 bits per heavy atom. The topological polar surface area (TPSA) is 29.5 Å². The van der Waals surface area contributed by atoms with Gasteiger partial charge in [-0.2, -0.15) is 0 Å². The highest BCUT2D eigenvalue weighted by Crippen LogP contribution is 2.30. The number of aryl methyl sites for hydroxylation is 1. The second kappa shape index (κ2) is 6.71. The summed E-state index contributed by atoms with van der Waals surface area (Å²) >= 11 is 1.86. The zero-order valence-corrected chi connectivity index (χ0v) is 12.9. The monoisotopic (exact) mass is 288 g/mol. The van der Waals surface area contributed by atoms with E-state index in [1.165, 1.54) is 16.0 Å². The maximum atomic E-state index is 9.60. The van der Waals surface area contributed by atoms with Crippen molar-refractivity contribution in [1.82, 2.24) is 0 Å². The number of thioether (sulfide) groups is 1. The van der Waals surface area contributed by atoms with E-state index >= 15 is 0 Å². The van der Waals surface area contributed by atoms with E-state index < -0.39 is 0 Å². The Bertz CT molecular complexity index is 564. The highest BCUT2D eigenvalue weighted by molar-refractivity contribution is 7.99. The number of rotatable bonds is 5. The Kier molecular flexibility index (Phi) is 4.96. The zero-order valence-electron chi connectivity index (χ0n) is 12.1. The number of hydrogen-bond acceptors (Lipinski definition) is 3. The van der Waals surface area contributed by atoms with Gasteiger partial charge in [-0.15, -0.1) is 11.8 Å². The molecule has 1 N–H and O–H groups in total. The summed E-state index contributed by atoms with van der Waals surface area (Å²) in [6, 6.07) is 14.1. The molecule has 0 aromatic heterocycles. The Hall–Kier alpha value is -1.61. The summed E-state index contributed by atoms with van der Waals surface area (Å²) < 4.78 is 5.14. The van der Waals surface area contributed by atoms with E-state index in [0.717, 1.165) is 6.42 Å². The molecule has 0 heterocycles. The third kappa shape index (κ3) is 3.94. The van der Waals surface area contributed by atoms with Gasteiger partial charge < -0.3 is 9.84 Å². The first-order valence-corrected chi connectivity index (χ1v) is 7.55. The van der Waals surface area contributed by atoms with Gasteiger partial charge in [-0.1, -0.05) is 30.7 Å². The van der Waals surface area contributed by atoms with Crippen molar-refractivity contribution in [3.05, 3.63) is 53.6 Å². The van der Waals surface area contributed by atoms with E-state index in [2.05, 4.69) is 38.1 Å². The minimum Gasteiger partial charge on any atom is -0.504 e. The number of benzene rings is 2. The summed E-state index contributed by atoms with van der Waals surface area (Å²) in [7, 11) is 1.57. The lowest BCUT2D eigenvalue weighted by Gasteiger charge is -2.13. The summed E-state index contributed by atoms with van der Waals surface area (Å²) in [4.78, 5) is 1.29. The lowest BCUT2D eigenvalue weighted by atomic mass is 10.1. The summed E-state index contributed by atoms with van der Waals surface area (Å²) in [5.41, 5.74) is 2.46. The molecule has 0 bridgehead atoms. The van der Waals surface area contributed by atoms with Crippen LogP contribution in [0.25, 0.3) is 0 Å². The molecule has 3 heteroatoms. The van der Waals surface area contributed by atoms with Crippen LogP contribution in [0.5, 0.6) is 11.5 Å². The molecule has 0 aliphatic carbocycles. The summed E-state index contributed by atoms with van der Waals surface area (Å²) in [6.07, 6.45) is 0.940. The Labute approximate surface area is 124 Å². The molecule has 2 nitrogen and oxygen atoms in total. The van der Waals surface area contributed by atoms with Gasteiger partial charge in [0, 0.05) is 10.1 Å². The first-order chi connectivity index (χ1) is 9.58. The molecule has 0 aliphatic rings. The van der Waals surface area contributed by atoms with Crippen LogP contribution in [0.3, 0.4) is 0 Å². The number of phenols is 1. The van der Waals surface area contributed by atoms with Gasteiger partial charge in [0.1, 0.15) is 0 Å². The van der Waals surface area contributed by atoms with Gasteiger partial charge in [0.25, 0.3) is 0 Å². The molecule has 0 spiro atoms. The highest BCUT2D eigenvalue weighted by atomic mass is 32.2. The maximum absolute atomic E-state index is 9.60. The van der Waals surface area contributed by atoms with Gasteiger partial charge in [-0.25, -0.2) is 0 Å². The van der Waals surface area contributed by atoms with Crippen LogP contribution in [-0.2, 0) is 6.42 Å². The fourth-order valence-corrected chi connectivity index (χ4v) is 3.11. The second-order valence-electron chi connectivity index (χ2n) is 4.95. The minimum absolute atomic E-state index is 0.190. The molecule has 2 rings (SSSR count). The van der Waals surface area contributed by atoms with Crippen LogP contribution >= 0.6 is 11.8 Å². The molecule has 0 aliphatic heterocycles. The SMILES string of the molecule is COc1cc(CC(C)Sc2ccc(C)cc2)ccc1O. The molecule has 0 saturated carbocycles. The number of hydrogen-bond donors (Lipinski definition) is 1. The Morgan fingerprint density at radius 3 is 2.50 bits per heavy atom. The van der Waals surface area contributed by atoms with Gasteiger partial charge in [0.05, 0.1) is 7.11 Å². The van der Waals surface area contributed by atoms with Crippen molar-refractivity contribution in [3.8, 4) is 11.5 Å². The lowest BCUT2D eigenvalue weighted by molar-refractivity contribution is 0.373. The molecule has 0 saturated heterocycles. The molecule has 20 heavy (non-hydrogen) atoms. The van der Waals surface area contributed by atoms with Crippen LogP contribution in [-0.4, -0.2) is 17.5 Å². The highest BCUT2D eigenvalue weighted by Gasteiger charge is 2.08. The maximum Gasteiger partial charge on any atom is 0.160 e. The van der Waals surface area contributed by atoms with E-state index in [1.54, 1.807) is 13.2 Å². The van der Waals surface area contributed by atoms with Gasteiger partial charge in [-0.3, -0.25) is 0 Å². The molecule has 2 aromatic carbocycles. The largest absolute Gasteiger partial charge is 0.504 e. The third-order valence-corrected chi connectivity index (χ3v) is 4.24. The number of ether oxygens (including phenoxy) is 1. The van der Waals surface area contributed by atoms with Crippen molar-refractivity contribution >= 4 is 11.8 Å². The van der Waals surface area contributed by atoms with Crippen molar-refractivity contribution in [2.24, 2.45) is 0 Å². The smallest absolute Gasteiger partial charge is 0.160 e. The van der Waals surface area contributed by atoms with Crippen molar-refractivity contribution in [2.45, 2.75) is 30.4 Å². The minimum atomic E-state index is 0.190. The molecule has 0 fully saturated rings. The van der Waals surface area contributed by atoms with Crippen LogP contribution in [0.2, 0.25) is 0 Å². The standard InChI is InChI=1S/C17H20O2S/c1-12-4-7-15(8-5-12)20-13(2)10-14-6-9-16(18)17(11-14)19-3/h4-9,11,13,18H,10H2,1-3H3. The fourth-order valence-electron chi connectivity index (χ4n) is 2.07. The van der Waals surface area contributed by atoms with Crippen molar-refractivity contribution in [3.63, 3.8) is 0 Å². The van der Waals surface area contributed by atoms with Gasteiger partial charge >= 0.3 is 0 Å². The third-order valence-electron chi connectivity index (χ3n) is 3.13. The molecule has 0 radical (unpaired) electrons. The van der Waals surface area contributed by atoms with E-state index in [1.807, 2.05) is 23.9 Å². The predicted molar refractivity (Wildman–Crippen MR) is 84.9 cm³/mol. The van der Waals surface area contributed by atoms with Crippen LogP contribution in [0.4, 0.5) is 0 Å². The second-order valence-corrected chi connectivity index (χ2v) is 6.46. The van der Waals surface area contributed by atoms with Crippen molar-refractivity contribution in [2.75, 3.05) is 7.11 Å². The molecule has 1 unspecified atom stereocenters. The lowest BCUT2D eigenvalue weighted by Crippen LogP contribution is -2.01. The van der Waals surface area contributed by atoms with Crippen molar-refractivity contribution < 1.29 is 9.84 Å². The fraction of sp³-hybridized carbons (Fsp3) is 0.294. The molecule has 106 valence electrons. The van der Waals surface area contributed by atoms with E-state index in [-0.39, 0.29) is 5.75 Å². The molecule has 1 atom stereocenters. The quantitative estimate of drug-likeness (QED) is 0.825. The molecular weight excluding hydrogens is 268 g/mol. The van der Waals surface area contributed by atoms with E-state index in [9.17, 15) is 5.11 Å². The van der Waals surface area contributed by atoms with E-state index in [4.69, 9.17) is 4.74 Å². The van der Waals surface area contributed by atoms with Gasteiger partial charge in [0.15, 0.2) is 11.5 Å². The first kappa shape index (κ1) is 14.8. The summed E-state index contributed by atoms with van der Waals surface area (Å²) in [6.45, 7) is 4.31. The number of methoxy groups -OCH3 is 1. The van der Waals surface area contributed by atoms with Gasteiger partial charge in [0.2, 0.25) is 0 Å². The normalized spacial score (nSPS) is 12.2. The Morgan fingerprint density at radius 1 is 1.15 bits per heavy atom. The number of aromatic hydroxyl groups is 1. The van der Waals surface area contributed by atoms with Gasteiger partial charge in [-0.05, 0) is 43.2 Å². The first-order valence-electron chi connectivity index (χ1n) is 6.67. The molecule has 0 amide bonds. The van der Waals surface area contributed by atoms with E-state index in [0.29, 0.717) is 11.0 Å². The average Bonchev–Trinajstić information content (AvgIpc) is 2.43. The van der Waals surface area contributed by atoms with Crippen LogP contribution in [0.15, 0.2) is 47.4 Å². The Balaban J connectivity index is 2.00. The summed E-state index contributed by atoms with van der Waals surface area (Å²) in [5, 5.41) is 10.1. The van der Waals surface area contributed by atoms with Crippen LogP contribution in [0.1, 0.15) is 18.1 Å². The summed E-state index contributed by atoms with van der Waals surface area (Å²) in [5.74, 6) is 0.727. The van der Waals surface area contributed by atoms with Crippen LogP contribution in [0, 0.1) is 6.92 Å². The zero-order chi connectivity index (χ0) is 14.5. The number of phenolic OH excluding ortho intramolecular Hbond substituents is 1. The molecular formula is C17H20O2S. The predicted octanol–water partition coefficient (Wildman–Crippen LogP) is 4.43. The molecule has 2 aromatic rings. The average molecular weight is 288 g/mol.